The van der Waals surface area contributed by atoms with Gasteiger partial charge < -0.3 is 10.4 Å². The van der Waals surface area contributed by atoms with Crippen LogP contribution in [-0.4, -0.2) is 18.2 Å². The number of hydrogen-bond acceptors (Lipinski definition) is 2. The van der Waals surface area contributed by atoms with Crippen LogP contribution in [0.3, 0.4) is 0 Å². The van der Waals surface area contributed by atoms with Gasteiger partial charge in [-0.15, -0.1) is 0 Å². The molecule has 1 aromatic carbocycles. The van der Waals surface area contributed by atoms with Crippen LogP contribution in [0.1, 0.15) is 38.2 Å². The fraction of sp³-hybridized carbons (Fsp3) is 0.600. The van der Waals surface area contributed by atoms with Crippen molar-refractivity contribution in [1.82, 2.24) is 5.32 Å². The minimum absolute atomic E-state index is 0.388. The van der Waals surface area contributed by atoms with Gasteiger partial charge in [0.15, 0.2) is 0 Å². The summed E-state index contributed by atoms with van der Waals surface area (Å²) in [6, 6.07) is 7.73. The Labute approximate surface area is 104 Å². The molecule has 1 fully saturated rings. The monoisotopic (exact) mass is 233 g/mol. The van der Waals surface area contributed by atoms with Crippen molar-refractivity contribution in [3.8, 4) is 5.75 Å². The molecule has 94 valence electrons. The molecule has 1 aliphatic carbocycles. The summed E-state index contributed by atoms with van der Waals surface area (Å²) in [6.07, 6.45) is 6.42. The van der Waals surface area contributed by atoms with Crippen LogP contribution in [0.4, 0.5) is 0 Å². The van der Waals surface area contributed by atoms with Crippen molar-refractivity contribution >= 4 is 0 Å². The Morgan fingerprint density at radius 2 is 2.06 bits per heavy atom. The zero-order valence-corrected chi connectivity index (χ0v) is 10.7. The number of hydrogen-bond donors (Lipinski definition) is 2. The van der Waals surface area contributed by atoms with Crippen LogP contribution in [0, 0.1) is 5.41 Å². The Bertz CT molecular complexity index is 356. The molecule has 2 nitrogen and oxygen atoms in total. The maximum absolute atomic E-state index is 9.53. The van der Waals surface area contributed by atoms with E-state index < -0.39 is 0 Å². The Balaban J connectivity index is 2.07. The van der Waals surface area contributed by atoms with Crippen LogP contribution in [0.2, 0.25) is 0 Å². The van der Waals surface area contributed by atoms with Crippen molar-refractivity contribution < 1.29 is 5.11 Å². The fourth-order valence-corrected chi connectivity index (χ4v) is 3.03. The first-order valence-corrected chi connectivity index (χ1v) is 6.73. The summed E-state index contributed by atoms with van der Waals surface area (Å²) in [7, 11) is 0. The lowest BCUT2D eigenvalue weighted by atomic mass is 9.80. The summed E-state index contributed by atoms with van der Waals surface area (Å²) in [5, 5.41) is 13.0. The van der Waals surface area contributed by atoms with Crippen LogP contribution < -0.4 is 5.32 Å². The molecule has 2 rings (SSSR count). The average molecular weight is 233 g/mol. The van der Waals surface area contributed by atoms with Gasteiger partial charge in [-0.05, 0) is 48.9 Å². The topological polar surface area (TPSA) is 32.3 Å². The van der Waals surface area contributed by atoms with Crippen molar-refractivity contribution in [3.63, 3.8) is 0 Å². The van der Waals surface area contributed by atoms with E-state index in [1.165, 1.54) is 31.2 Å². The Morgan fingerprint density at radius 3 is 2.71 bits per heavy atom. The first kappa shape index (κ1) is 12.4. The Kier molecular flexibility index (Phi) is 4.06. The molecule has 1 saturated carbocycles. The predicted octanol–water partition coefficient (Wildman–Crippen LogP) is 3.10. The molecule has 0 atom stereocenters. The Morgan fingerprint density at radius 1 is 1.29 bits per heavy atom. The lowest BCUT2D eigenvalue weighted by Crippen LogP contribution is -2.33. The molecule has 1 aromatic rings. The second-order valence-electron chi connectivity index (χ2n) is 5.33. The molecule has 0 amide bonds. The summed E-state index contributed by atoms with van der Waals surface area (Å²) in [6.45, 7) is 4.32. The SMILES string of the molecule is CCNCC1(Cc2cccc(O)c2)CCCC1. The summed E-state index contributed by atoms with van der Waals surface area (Å²) < 4.78 is 0. The number of phenolic OH excluding ortho intramolecular Hbond substituents is 1. The molecule has 0 radical (unpaired) electrons. The highest BCUT2D eigenvalue weighted by Gasteiger charge is 2.33. The molecule has 0 spiro atoms. The number of aromatic hydroxyl groups is 1. The van der Waals surface area contributed by atoms with E-state index in [1.54, 1.807) is 6.07 Å². The third-order valence-corrected chi connectivity index (χ3v) is 3.90. The maximum Gasteiger partial charge on any atom is 0.115 e. The third kappa shape index (κ3) is 3.22. The molecule has 17 heavy (non-hydrogen) atoms. The lowest BCUT2D eigenvalue weighted by Gasteiger charge is -2.29. The zero-order chi connectivity index (χ0) is 12.1. The standard InChI is InChI=1S/C15H23NO/c1-2-16-12-15(8-3-4-9-15)11-13-6-5-7-14(17)10-13/h5-7,10,16-17H,2-4,8-9,11-12H2,1H3. The van der Waals surface area contributed by atoms with E-state index in [2.05, 4.69) is 18.3 Å². The maximum atomic E-state index is 9.53. The van der Waals surface area contributed by atoms with E-state index in [-0.39, 0.29) is 0 Å². The first-order valence-electron chi connectivity index (χ1n) is 6.73. The van der Waals surface area contributed by atoms with Gasteiger partial charge >= 0.3 is 0 Å². The van der Waals surface area contributed by atoms with Gasteiger partial charge in [-0.1, -0.05) is 31.9 Å². The predicted molar refractivity (Wildman–Crippen MR) is 71.3 cm³/mol. The lowest BCUT2D eigenvalue weighted by molar-refractivity contribution is 0.280. The van der Waals surface area contributed by atoms with Crippen molar-refractivity contribution in [2.75, 3.05) is 13.1 Å². The highest BCUT2D eigenvalue weighted by atomic mass is 16.3. The van der Waals surface area contributed by atoms with Gasteiger partial charge in [0, 0.05) is 6.54 Å². The van der Waals surface area contributed by atoms with Crippen LogP contribution >= 0.6 is 0 Å². The van der Waals surface area contributed by atoms with Crippen molar-refractivity contribution in [2.24, 2.45) is 5.41 Å². The molecule has 0 aromatic heterocycles. The van der Waals surface area contributed by atoms with Gasteiger partial charge in [0.25, 0.3) is 0 Å². The molecule has 0 aliphatic heterocycles. The molecule has 2 heteroatoms. The van der Waals surface area contributed by atoms with Gasteiger partial charge in [-0.2, -0.15) is 0 Å². The van der Waals surface area contributed by atoms with Crippen molar-refractivity contribution in [2.45, 2.75) is 39.0 Å². The second kappa shape index (κ2) is 5.54. The van der Waals surface area contributed by atoms with E-state index in [4.69, 9.17) is 0 Å². The average Bonchev–Trinajstić information content (AvgIpc) is 2.75. The van der Waals surface area contributed by atoms with Gasteiger partial charge in [0.05, 0.1) is 0 Å². The highest BCUT2D eigenvalue weighted by molar-refractivity contribution is 5.28. The summed E-state index contributed by atoms with van der Waals surface area (Å²) in [4.78, 5) is 0. The minimum Gasteiger partial charge on any atom is -0.508 e. The quantitative estimate of drug-likeness (QED) is 0.819. The van der Waals surface area contributed by atoms with Crippen LogP contribution in [0.25, 0.3) is 0 Å². The molecular weight excluding hydrogens is 210 g/mol. The fourth-order valence-electron chi connectivity index (χ4n) is 3.03. The number of rotatable bonds is 5. The van der Waals surface area contributed by atoms with Crippen LogP contribution in [-0.2, 0) is 6.42 Å². The number of phenols is 1. The van der Waals surface area contributed by atoms with Gasteiger partial charge in [-0.25, -0.2) is 0 Å². The van der Waals surface area contributed by atoms with E-state index in [1.807, 2.05) is 12.1 Å². The molecule has 0 bridgehead atoms. The van der Waals surface area contributed by atoms with Gasteiger partial charge in [0.2, 0.25) is 0 Å². The summed E-state index contributed by atoms with van der Waals surface area (Å²) in [5.41, 5.74) is 1.69. The first-order chi connectivity index (χ1) is 8.24. The smallest absolute Gasteiger partial charge is 0.115 e. The minimum atomic E-state index is 0.388. The molecule has 2 N–H and O–H groups in total. The van der Waals surface area contributed by atoms with E-state index in [9.17, 15) is 5.11 Å². The van der Waals surface area contributed by atoms with Crippen LogP contribution in [0.15, 0.2) is 24.3 Å². The zero-order valence-electron chi connectivity index (χ0n) is 10.7. The molecule has 0 heterocycles. The van der Waals surface area contributed by atoms with Gasteiger partial charge in [0.1, 0.15) is 5.75 Å². The highest BCUT2D eigenvalue weighted by Crippen LogP contribution is 2.40. The molecule has 0 saturated heterocycles. The van der Waals surface area contributed by atoms with Crippen molar-refractivity contribution in [1.29, 1.82) is 0 Å². The van der Waals surface area contributed by atoms with E-state index >= 15 is 0 Å². The van der Waals surface area contributed by atoms with Crippen LogP contribution in [0.5, 0.6) is 5.75 Å². The third-order valence-electron chi connectivity index (χ3n) is 3.90. The van der Waals surface area contributed by atoms with Crippen molar-refractivity contribution in [3.05, 3.63) is 29.8 Å². The van der Waals surface area contributed by atoms with E-state index in [0.717, 1.165) is 19.5 Å². The normalized spacial score (nSPS) is 18.4. The largest absolute Gasteiger partial charge is 0.508 e. The Hall–Kier alpha value is -1.02. The summed E-state index contributed by atoms with van der Waals surface area (Å²) in [5.74, 6) is 0.388. The molecule has 0 unspecified atom stereocenters. The van der Waals surface area contributed by atoms with E-state index in [0.29, 0.717) is 11.2 Å². The van der Waals surface area contributed by atoms with Gasteiger partial charge in [-0.3, -0.25) is 0 Å². The summed E-state index contributed by atoms with van der Waals surface area (Å²) >= 11 is 0. The molecule has 1 aliphatic rings. The number of benzene rings is 1. The number of nitrogens with one attached hydrogen (secondary N) is 1. The second-order valence-corrected chi connectivity index (χ2v) is 5.33. The molecular formula is C15H23NO.